The molecule has 68 valence electrons. The molecule has 1 aromatic carbocycles. The number of hydrogen-bond donors (Lipinski definition) is 2. The van der Waals surface area contributed by atoms with Gasteiger partial charge in [0, 0.05) is 0 Å². The van der Waals surface area contributed by atoms with Crippen molar-refractivity contribution in [1.82, 2.24) is 0 Å². The Morgan fingerprint density at radius 2 is 2.31 bits per heavy atom. The summed E-state index contributed by atoms with van der Waals surface area (Å²) in [5.74, 6) is 4.08. The van der Waals surface area contributed by atoms with Crippen LogP contribution in [-0.2, 0) is 0 Å². The van der Waals surface area contributed by atoms with Crippen molar-refractivity contribution in [3.8, 4) is 0 Å². The van der Waals surface area contributed by atoms with Crippen LogP contribution in [-0.4, -0.2) is 12.3 Å². The van der Waals surface area contributed by atoms with Crippen molar-refractivity contribution >= 4 is 18.0 Å². The van der Waals surface area contributed by atoms with Gasteiger partial charge < -0.3 is 9.90 Å². The van der Waals surface area contributed by atoms with E-state index in [-0.39, 0.29) is 5.56 Å². The summed E-state index contributed by atoms with van der Waals surface area (Å²) in [7, 11) is 0. The van der Waals surface area contributed by atoms with Gasteiger partial charge in [0.25, 0.3) is 0 Å². The predicted octanol–water partition coefficient (Wildman–Crippen LogP) is -0.663. The first-order valence-corrected chi connectivity index (χ1v) is 3.51. The fourth-order valence-electron chi connectivity index (χ4n) is 0.868. The van der Waals surface area contributed by atoms with Gasteiger partial charge in [0.15, 0.2) is 0 Å². The summed E-state index contributed by atoms with van der Waals surface area (Å²) in [6.45, 7) is 0. The summed E-state index contributed by atoms with van der Waals surface area (Å²) in [6.07, 6.45) is 0.883. The van der Waals surface area contributed by atoms with Gasteiger partial charge in [-0.05, 0) is 17.7 Å². The predicted molar refractivity (Wildman–Crippen MR) is 46.2 cm³/mol. The number of benzene rings is 1. The summed E-state index contributed by atoms with van der Waals surface area (Å²) in [5.41, 5.74) is 0.464. The van der Waals surface area contributed by atoms with E-state index in [0.717, 1.165) is 11.3 Å². The van der Waals surface area contributed by atoms with E-state index < -0.39 is 5.97 Å². The van der Waals surface area contributed by atoms with Crippen molar-refractivity contribution in [2.75, 3.05) is 5.01 Å². The molecule has 0 radical (unpaired) electrons. The Bertz CT molecular complexity index is 338. The van der Waals surface area contributed by atoms with E-state index in [2.05, 4.69) is 0 Å². The summed E-state index contributed by atoms with van der Waals surface area (Å²) < 4.78 is 0. The molecule has 0 fully saturated rings. The van der Waals surface area contributed by atoms with Gasteiger partial charge in [0.1, 0.15) is 6.34 Å². The molecule has 0 atom stereocenters. The molecule has 5 heteroatoms. The summed E-state index contributed by atoms with van der Waals surface area (Å²) >= 11 is 0. The van der Waals surface area contributed by atoms with E-state index in [4.69, 9.17) is 11.3 Å². The second-order valence-corrected chi connectivity index (χ2v) is 2.37. The monoisotopic (exact) mass is 178 g/mol. The highest BCUT2D eigenvalue weighted by atomic mass is 16.4. The minimum Gasteiger partial charge on any atom is -0.545 e. The third-order valence-electron chi connectivity index (χ3n) is 1.52. The van der Waals surface area contributed by atoms with Crippen molar-refractivity contribution in [3.63, 3.8) is 0 Å². The molecule has 0 amide bonds. The molecule has 0 heterocycles. The van der Waals surface area contributed by atoms with E-state index in [1.807, 2.05) is 0 Å². The Labute approximate surface area is 74.9 Å². The zero-order valence-corrected chi connectivity index (χ0v) is 6.73. The third kappa shape index (κ3) is 2.03. The van der Waals surface area contributed by atoms with Crippen LogP contribution in [0.4, 0.5) is 5.69 Å². The molecule has 0 saturated carbocycles. The maximum absolute atomic E-state index is 10.4. The standard InChI is InChI=1S/C8H9N3O2/c9-5-11(10)7-3-1-2-6(4-7)8(12)13/h1-5,9H,10H2,(H,12,13)/p-1. The van der Waals surface area contributed by atoms with E-state index in [9.17, 15) is 9.90 Å². The Kier molecular flexibility index (Phi) is 2.61. The molecule has 0 aliphatic rings. The molecule has 1 rings (SSSR count). The lowest BCUT2D eigenvalue weighted by Gasteiger charge is -2.12. The molecular weight excluding hydrogens is 170 g/mol. The van der Waals surface area contributed by atoms with Crippen LogP contribution < -0.4 is 16.0 Å². The lowest BCUT2D eigenvalue weighted by molar-refractivity contribution is -0.255. The molecule has 0 aliphatic heterocycles. The number of carbonyl (C=O) groups excluding carboxylic acids is 1. The second-order valence-electron chi connectivity index (χ2n) is 2.37. The summed E-state index contributed by atoms with van der Waals surface area (Å²) in [4.78, 5) is 10.4. The van der Waals surface area contributed by atoms with Crippen LogP contribution in [0.3, 0.4) is 0 Å². The lowest BCUT2D eigenvalue weighted by Crippen LogP contribution is -2.29. The Hall–Kier alpha value is -1.88. The minimum atomic E-state index is -1.26. The van der Waals surface area contributed by atoms with Crippen LogP contribution in [0.5, 0.6) is 0 Å². The van der Waals surface area contributed by atoms with Gasteiger partial charge in [0.05, 0.1) is 11.7 Å². The first-order valence-electron chi connectivity index (χ1n) is 3.51. The van der Waals surface area contributed by atoms with Crippen molar-refractivity contribution in [2.45, 2.75) is 0 Å². The molecule has 0 saturated heterocycles. The van der Waals surface area contributed by atoms with Crippen molar-refractivity contribution in [1.29, 1.82) is 5.41 Å². The normalized spacial score (nSPS) is 9.31. The SMILES string of the molecule is N=CN(N)c1cccc(C(=O)[O-])c1. The largest absolute Gasteiger partial charge is 0.545 e. The van der Waals surface area contributed by atoms with Crippen LogP contribution >= 0.6 is 0 Å². The maximum Gasteiger partial charge on any atom is 0.101 e. The van der Waals surface area contributed by atoms with E-state index >= 15 is 0 Å². The lowest BCUT2D eigenvalue weighted by atomic mass is 10.2. The van der Waals surface area contributed by atoms with Crippen molar-refractivity contribution < 1.29 is 9.90 Å². The molecule has 0 spiro atoms. The number of hydrazine groups is 1. The molecule has 1 aromatic rings. The number of anilines is 1. The second kappa shape index (κ2) is 3.68. The average Bonchev–Trinajstić information content (AvgIpc) is 2.17. The number of carbonyl (C=O) groups is 1. The van der Waals surface area contributed by atoms with Gasteiger partial charge >= 0.3 is 0 Å². The van der Waals surface area contributed by atoms with Gasteiger partial charge in [0.2, 0.25) is 0 Å². The molecule has 3 N–H and O–H groups in total. The van der Waals surface area contributed by atoms with E-state index in [0.29, 0.717) is 5.69 Å². The summed E-state index contributed by atoms with van der Waals surface area (Å²) in [6, 6.07) is 5.86. The first-order chi connectivity index (χ1) is 6.15. The number of rotatable bonds is 3. The number of aromatic carboxylic acids is 1. The highest BCUT2D eigenvalue weighted by Crippen LogP contribution is 2.11. The van der Waals surface area contributed by atoms with Gasteiger partial charge in [-0.25, -0.2) is 5.84 Å². The Balaban J connectivity index is 3.04. The van der Waals surface area contributed by atoms with Gasteiger partial charge in [-0.2, -0.15) is 0 Å². The quantitative estimate of drug-likeness (QED) is 0.278. The summed E-state index contributed by atoms with van der Waals surface area (Å²) in [5, 5.41) is 18.3. The molecular formula is C8H8N3O2-. The zero-order chi connectivity index (χ0) is 9.84. The van der Waals surface area contributed by atoms with E-state index in [1.165, 1.54) is 18.2 Å². The van der Waals surface area contributed by atoms with Gasteiger partial charge in [-0.3, -0.25) is 10.4 Å². The fourth-order valence-corrected chi connectivity index (χ4v) is 0.868. The van der Waals surface area contributed by atoms with Crippen LogP contribution in [0.25, 0.3) is 0 Å². The highest BCUT2D eigenvalue weighted by molar-refractivity contribution is 5.88. The zero-order valence-electron chi connectivity index (χ0n) is 6.73. The maximum atomic E-state index is 10.4. The topological polar surface area (TPSA) is 93.2 Å². The van der Waals surface area contributed by atoms with Crippen LogP contribution in [0.1, 0.15) is 10.4 Å². The van der Waals surface area contributed by atoms with Crippen molar-refractivity contribution in [3.05, 3.63) is 29.8 Å². The van der Waals surface area contributed by atoms with Crippen LogP contribution in [0, 0.1) is 5.41 Å². The Morgan fingerprint density at radius 1 is 1.62 bits per heavy atom. The number of nitrogens with zero attached hydrogens (tertiary/aromatic N) is 1. The fraction of sp³-hybridized carbons (Fsp3) is 0. The smallest absolute Gasteiger partial charge is 0.101 e. The number of nitrogens with one attached hydrogen (secondary N) is 1. The molecule has 13 heavy (non-hydrogen) atoms. The van der Waals surface area contributed by atoms with Gasteiger partial charge in [-0.15, -0.1) is 0 Å². The minimum absolute atomic E-state index is 0.0369. The third-order valence-corrected chi connectivity index (χ3v) is 1.52. The highest BCUT2D eigenvalue weighted by Gasteiger charge is 1.99. The molecule has 0 unspecified atom stereocenters. The van der Waals surface area contributed by atoms with E-state index in [1.54, 1.807) is 6.07 Å². The van der Waals surface area contributed by atoms with Gasteiger partial charge in [-0.1, -0.05) is 12.1 Å². The van der Waals surface area contributed by atoms with Crippen molar-refractivity contribution in [2.24, 2.45) is 5.84 Å². The number of hydrogen-bond acceptors (Lipinski definition) is 4. The molecule has 5 nitrogen and oxygen atoms in total. The number of carboxylic acids is 1. The number of nitrogens with two attached hydrogens (primary N) is 1. The Morgan fingerprint density at radius 3 is 2.85 bits per heavy atom. The molecule has 0 bridgehead atoms. The number of carboxylic acid groups (broad SMARTS) is 1. The van der Waals surface area contributed by atoms with Crippen LogP contribution in [0.2, 0.25) is 0 Å². The molecule has 0 aliphatic carbocycles. The average molecular weight is 178 g/mol. The molecule has 0 aromatic heterocycles. The first kappa shape index (κ1) is 9.21. The van der Waals surface area contributed by atoms with Crippen LogP contribution in [0.15, 0.2) is 24.3 Å².